The summed E-state index contributed by atoms with van der Waals surface area (Å²) in [6.07, 6.45) is 0.820. The highest BCUT2D eigenvalue weighted by Gasteiger charge is 2.36. The van der Waals surface area contributed by atoms with Crippen molar-refractivity contribution in [3.8, 4) is 0 Å². The van der Waals surface area contributed by atoms with Gasteiger partial charge in [0.1, 0.15) is 5.69 Å². The number of aromatic nitrogens is 1. The Labute approximate surface area is 196 Å². The molecule has 4 aromatic rings. The van der Waals surface area contributed by atoms with Crippen molar-refractivity contribution in [3.63, 3.8) is 0 Å². The van der Waals surface area contributed by atoms with Gasteiger partial charge in [-0.1, -0.05) is 46.3 Å². The first-order valence-corrected chi connectivity index (χ1v) is 11.3. The number of nitrogens with one attached hydrogen (secondary N) is 1. The standard InChI is InChI=1S/C25H19BrF3N3O/c26-19-8-7-18(16-5-1-2-6-17(16)19)24(33)31-20-14-15-4-3-11-30-22(15)23(21(20)27)32-12-9-25(28,29)10-13-32/h1-8,11,14H,9-10,12-13H2,(H,31,33). The number of carbonyl (C=O) groups excluding carboxylic acids is 1. The molecule has 0 saturated carbocycles. The zero-order valence-electron chi connectivity index (χ0n) is 17.4. The molecule has 1 saturated heterocycles. The van der Waals surface area contributed by atoms with Crippen LogP contribution >= 0.6 is 15.9 Å². The Hall–Kier alpha value is -3.13. The molecular formula is C25H19BrF3N3O. The average Bonchev–Trinajstić information content (AvgIpc) is 2.80. The van der Waals surface area contributed by atoms with Crippen LogP contribution in [0.4, 0.5) is 24.5 Å². The van der Waals surface area contributed by atoms with Gasteiger partial charge in [0.25, 0.3) is 11.8 Å². The van der Waals surface area contributed by atoms with E-state index in [9.17, 15) is 13.6 Å². The molecule has 0 unspecified atom stereocenters. The van der Waals surface area contributed by atoms with Crippen LogP contribution in [-0.4, -0.2) is 29.9 Å². The molecule has 1 aromatic heterocycles. The predicted molar refractivity (Wildman–Crippen MR) is 128 cm³/mol. The number of anilines is 2. The highest BCUT2D eigenvalue weighted by molar-refractivity contribution is 9.10. The van der Waals surface area contributed by atoms with Gasteiger partial charge in [0, 0.05) is 47.6 Å². The lowest BCUT2D eigenvalue weighted by Crippen LogP contribution is -2.40. The summed E-state index contributed by atoms with van der Waals surface area (Å²) >= 11 is 3.49. The molecule has 4 nitrogen and oxygen atoms in total. The normalized spacial score (nSPS) is 15.7. The van der Waals surface area contributed by atoms with E-state index < -0.39 is 17.6 Å². The molecule has 8 heteroatoms. The van der Waals surface area contributed by atoms with Crippen LogP contribution in [0.1, 0.15) is 23.2 Å². The van der Waals surface area contributed by atoms with Crippen molar-refractivity contribution in [2.24, 2.45) is 0 Å². The molecule has 0 atom stereocenters. The topological polar surface area (TPSA) is 45.2 Å². The third kappa shape index (κ3) is 4.04. The highest BCUT2D eigenvalue weighted by atomic mass is 79.9. The summed E-state index contributed by atoms with van der Waals surface area (Å²) in [4.78, 5) is 19.1. The third-order valence-corrected chi connectivity index (χ3v) is 6.67. The van der Waals surface area contributed by atoms with Crippen LogP contribution in [0.2, 0.25) is 0 Å². The number of fused-ring (bicyclic) bond motifs is 2. The van der Waals surface area contributed by atoms with Gasteiger partial charge in [0.05, 0.1) is 11.2 Å². The van der Waals surface area contributed by atoms with Crippen LogP contribution in [0, 0.1) is 5.82 Å². The number of carbonyl (C=O) groups is 1. The highest BCUT2D eigenvalue weighted by Crippen LogP contribution is 2.38. The second-order valence-corrected chi connectivity index (χ2v) is 8.95. The lowest BCUT2D eigenvalue weighted by molar-refractivity contribution is -0.0221. The van der Waals surface area contributed by atoms with Crippen LogP contribution in [0.15, 0.2) is 65.3 Å². The van der Waals surface area contributed by atoms with Crippen LogP contribution in [0.3, 0.4) is 0 Å². The van der Waals surface area contributed by atoms with E-state index in [2.05, 4.69) is 26.2 Å². The smallest absolute Gasteiger partial charge is 0.256 e. The minimum atomic E-state index is -2.76. The molecule has 0 radical (unpaired) electrons. The fourth-order valence-electron chi connectivity index (χ4n) is 4.27. The molecule has 1 amide bonds. The SMILES string of the molecule is O=C(Nc1cc2cccnc2c(N2CCC(F)(F)CC2)c1F)c1ccc(Br)c2ccccc12. The van der Waals surface area contributed by atoms with Gasteiger partial charge in [0.2, 0.25) is 0 Å². The number of nitrogens with zero attached hydrogens (tertiary/aromatic N) is 2. The maximum absolute atomic E-state index is 15.7. The summed E-state index contributed by atoms with van der Waals surface area (Å²) in [5.74, 6) is -3.90. The summed E-state index contributed by atoms with van der Waals surface area (Å²) in [7, 11) is 0. The van der Waals surface area contributed by atoms with Crippen LogP contribution in [-0.2, 0) is 0 Å². The van der Waals surface area contributed by atoms with Crippen molar-refractivity contribution in [2.45, 2.75) is 18.8 Å². The molecule has 5 rings (SSSR count). The van der Waals surface area contributed by atoms with E-state index in [1.807, 2.05) is 24.3 Å². The minimum absolute atomic E-state index is 0.00431. The van der Waals surface area contributed by atoms with Gasteiger partial charge in [-0.25, -0.2) is 13.2 Å². The summed E-state index contributed by atoms with van der Waals surface area (Å²) in [5, 5.41) is 4.90. The molecule has 168 valence electrons. The molecule has 0 spiro atoms. The van der Waals surface area contributed by atoms with Crippen molar-refractivity contribution in [1.82, 2.24) is 4.98 Å². The average molecular weight is 514 g/mol. The van der Waals surface area contributed by atoms with Gasteiger partial charge in [0.15, 0.2) is 5.82 Å². The van der Waals surface area contributed by atoms with Gasteiger partial charge >= 0.3 is 0 Å². The van der Waals surface area contributed by atoms with E-state index in [4.69, 9.17) is 0 Å². The number of pyridine rings is 1. The van der Waals surface area contributed by atoms with Gasteiger partial charge in [-0.05, 0) is 35.0 Å². The molecule has 1 N–H and O–H groups in total. The van der Waals surface area contributed by atoms with Gasteiger partial charge in [-0.15, -0.1) is 0 Å². The Balaban J connectivity index is 1.56. The van der Waals surface area contributed by atoms with E-state index in [-0.39, 0.29) is 37.3 Å². The Morgan fingerprint density at radius 2 is 1.76 bits per heavy atom. The molecule has 1 aliphatic rings. The van der Waals surface area contributed by atoms with Crippen molar-refractivity contribution in [2.75, 3.05) is 23.3 Å². The maximum Gasteiger partial charge on any atom is 0.256 e. The zero-order chi connectivity index (χ0) is 23.2. The fourth-order valence-corrected chi connectivity index (χ4v) is 4.75. The van der Waals surface area contributed by atoms with Crippen LogP contribution in [0.5, 0.6) is 0 Å². The first kappa shape index (κ1) is 21.7. The van der Waals surface area contributed by atoms with Crippen molar-refractivity contribution in [1.29, 1.82) is 0 Å². The monoisotopic (exact) mass is 513 g/mol. The molecule has 2 heterocycles. The van der Waals surface area contributed by atoms with Crippen LogP contribution < -0.4 is 10.2 Å². The summed E-state index contributed by atoms with van der Waals surface area (Å²) in [6.45, 7) is 0.00862. The van der Waals surface area contributed by atoms with E-state index in [0.717, 1.165) is 15.2 Å². The van der Waals surface area contributed by atoms with E-state index in [1.54, 1.807) is 29.2 Å². The van der Waals surface area contributed by atoms with Crippen LogP contribution in [0.25, 0.3) is 21.7 Å². The first-order valence-electron chi connectivity index (χ1n) is 10.5. The second kappa shape index (κ2) is 8.33. The Bertz CT molecular complexity index is 1380. The van der Waals surface area contributed by atoms with Crippen molar-refractivity contribution >= 4 is 54.9 Å². The van der Waals surface area contributed by atoms with Crippen molar-refractivity contribution < 1.29 is 18.0 Å². The molecule has 0 aliphatic carbocycles. The van der Waals surface area contributed by atoms with Gasteiger partial charge in [-0.2, -0.15) is 0 Å². The zero-order valence-corrected chi connectivity index (χ0v) is 19.0. The number of amides is 1. The largest absolute Gasteiger partial charge is 0.367 e. The molecular weight excluding hydrogens is 495 g/mol. The quantitative estimate of drug-likeness (QED) is 0.328. The van der Waals surface area contributed by atoms with E-state index in [1.165, 1.54) is 12.3 Å². The second-order valence-electron chi connectivity index (χ2n) is 8.10. The number of benzene rings is 3. The Kier molecular flexibility index (Phi) is 5.48. The molecule has 33 heavy (non-hydrogen) atoms. The number of piperidine rings is 1. The summed E-state index contributed by atoms with van der Waals surface area (Å²) in [6, 6.07) is 15.9. The lowest BCUT2D eigenvalue weighted by Gasteiger charge is -2.34. The number of hydrogen-bond donors (Lipinski definition) is 1. The molecule has 1 fully saturated rings. The van der Waals surface area contributed by atoms with Gasteiger partial charge in [-0.3, -0.25) is 9.78 Å². The number of alkyl halides is 2. The Morgan fingerprint density at radius 1 is 1.03 bits per heavy atom. The minimum Gasteiger partial charge on any atom is -0.367 e. The summed E-state index contributed by atoms with van der Waals surface area (Å²) < 4.78 is 44.0. The van der Waals surface area contributed by atoms with Crippen molar-refractivity contribution in [3.05, 3.63) is 76.6 Å². The number of rotatable bonds is 3. The Morgan fingerprint density at radius 3 is 2.52 bits per heavy atom. The van der Waals surface area contributed by atoms with E-state index >= 15 is 4.39 Å². The first-order chi connectivity index (χ1) is 15.8. The third-order valence-electron chi connectivity index (χ3n) is 5.98. The lowest BCUT2D eigenvalue weighted by atomic mass is 10.0. The van der Waals surface area contributed by atoms with Gasteiger partial charge < -0.3 is 10.2 Å². The molecule has 0 bridgehead atoms. The van der Waals surface area contributed by atoms with E-state index in [0.29, 0.717) is 16.5 Å². The molecule has 1 aliphatic heterocycles. The molecule has 3 aromatic carbocycles. The maximum atomic E-state index is 15.7. The fraction of sp³-hybridized carbons (Fsp3) is 0.200. The predicted octanol–water partition coefficient (Wildman–Crippen LogP) is 6.78. The summed E-state index contributed by atoms with van der Waals surface area (Å²) in [5.41, 5.74) is 0.908. The number of hydrogen-bond acceptors (Lipinski definition) is 3. The number of halogens is 4.